The number of para-hydroxylation sites is 1. The molecular formula is C11H14ClN3. The average Bonchev–Trinajstić information content (AvgIpc) is 2.43. The minimum absolute atomic E-state index is 0.231. The minimum atomic E-state index is 0.231. The normalized spacial score (nSPS) is 20.7. The SMILES string of the molecule is CC1C=C(N)N(C)N1c1ccccc1Cl. The maximum atomic E-state index is 6.15. The Labute approximate surface area is 94.7 Å². The molecule has 0 aliphatic carbocycles. The molecule has 0 amide bonds. The van der Waals surface area contributed by atoms with Crippen molar-refractivity contribution in [3.8, 4) is 0 Å². The van der Waals surface area contributed by atoms with Gasteiger partial charge in [0.05, 0.1) is 16.8 Å². The molecule has 1 aliphatic rings. The molecule has 1 atom stereocenters. The van der Waals surface area contributed by atoms with Crippen LogP contribution in [-0.2, 0) is 0 Å². The zero-order chi connectivity index (χ0) is 11.0. The van der Waals surface area contributed by atoms with E-state index < -0.39 is 0 Å². The van der Waals surface area contributed by atoms with E-state index in [-0.39, 0.29) is 6.04 Å². The molecule has 2 rings (SSSR count). The van der Waals surface area contributed by atoms with Crippen LogP contribution >= 0.6 is 11.6 Å². The second-order valence-electron chi connectivity index (χ2n) is 3.65. The van der Waals surface area contributed by atoms with E-state index in [0.29, 0.717) is 0 Å². The Morgan fingerprint density at radius 1 is 1.33 bits per heavy atom. The van der Waals surface area contributed by atoms with Gasteiger partial charge in [-0.15, -0.1) is 0 Å². The molecule has 1 aliphatic heterocycles. The Balaban J connectivity index is 2.38. The van der Waals surface area contributed by atoms with Gasteiger partial charge >= 0.3 is 0 Å². The number of halogens is 1. The Morgan fingerprint density at radius 3 is 2.53 bits per heavy atom. The summed E-state index contributed by atoms with van der Waals surface area (Å²) in [5.74, 6) is 0.752. The summed E-state index contributed by atoms with van der Waals surface area (Å²) >= 11 is 6.15. The highest BCUT2D eigenvalue weighted by molar-refractivity contribution is 6.33. The summed E-state index contributed by atoms with van der Waals surface area (Å²) in [5, 5.41) is 4.71. The van der Waals surface area contributed by atoms with Crippen LogP contribution in [0.3, 0.4) is 0 Å². The number of anilines is 1. The lowest BCUT2D eigenvalue weighted by atomic mass is 10.2. The first-order valence-corrected chi connectivity index (χ1v) is 5.23. The zero-order valence-corrected chi connectivity index (χ0v) is 9.57. The molecule has 15 heavy (non-hydrogen) atoms. The quantitative estimate of drug-likeness (QED) is 0.792. The predicted octanol–water partition coefficient (Wildman–Crippen LogP) is 2.20. The summed E-state index contributed by atoms with van der Waals surface area (Å²) < 4.78 is 0. The summed E-state index contributed by atoms with van der Waals surface area (Å²) in [6.07, 6.45) is 2.00. The molecule has 3 nitrogen and oxygen atoms in total. The Kier molecular flexibility index (Phi) is 2.49. The second-order valence-corrected chi connectivity index (χ2v) is 4.06. The summed E-state index contributed by atoms with van der Waals surface area (Å²) in [5.41, 5.74) is 6.83. The summed E-state index contributed by atoms with van der Waals surface area (Å²) in [4.78, 5) is 0. The smallest absolute Gasteiger partial charge is 0.115 e. The van der Waals surface area contributed by atoms with Gasteiger partial charge in [0.2, 0.25) is 0 Å². The van der Waals surface area contributed by atoms with Crippen LogP contribution in [0.15, 0.2) is 36.2 Å². The standard InChI is InChI=1S/C11H14ClN3/c1-8-7-11(13)14(2)15(8)10-6-4-3-5-9(10)12/h3-8H,13H2,1-2H3. The monoisotopic (exact) mass is 223 g/mol. The molecule has 1 aromatic carbocycles. The van der Waals surface area contributed by atoms with Crippen LogP contribution in [0.25, 0.3) is 0 Å². The number of hydrazine groups is 1. The van der Waals surface area contributed by atoms with Gasteiger partial charge in [0.1, 0.15) is 5.82 Å². The topological polar surface area (TPSA) is 32.5 Å². The molecular weight excluding hydrogens is 210 g/mol. The van der Waals surface area contributed by atoms with Gasteiger partial charge in [-0.2, -0.15) is 0 Å². The van der Waals surface area contributed by atoms with E-state index >= 15 is 0 Å². The number of rotatable bonds is 1. The fourth-order valence-corrected chi connectivity index (χ4v) is 2.06. The van der Waals surface area contributed by atoms with Crippen molar-refractivity contribution in [1.29, 1.82) is 0 Å². The third-order valence-corrected chi connectivity index (χ3v) is 2.91. The zero-order valence-electron chi connectivity index (χ0n) is 8.81. The van der Waals surface area contributed by atoms with Crippen molar-refractivity contribution in [2.45, 2.75) is 13.0 Å². The first-order valence-electron chi connectivity index (χ1n) is 4.86. The van der Waals surface area contributed by atoms with Gasteiger partial charge < -0.3 is 5.73 Å². The highest BCUT2D eigenvalue weighted by Gasteiger charge is 2.26. The summed E-state index contributed by atoms with van der Waals surface area (Å²) in [7, 11) is 1.93. The van der Waals surface area contributed by atoms with Crippen LogP contribution in [0.2, 0.25) is 5.02 Å². The Bertz CT molecular complexity index is 403. The van der Waals surface area contributed by atoms with Crippen LogP contribution in [0.1, 0.15) is 6.92 Å². The number of nitrogens with zero attached hydrogens (tertiary/aromatic N) is 2. The fraction of sp³-hybridized carbons (Fsp3) is 0.273. The van der Waals surface area contributed by atoms with Crippen molar-refractivity contribution in [3.63, 3.8) is 0 Å². The Hall–Kier alpha value is -1.35. The van der Waals surface area contributed by atoms with E-state index in [1.807, 2.05) is 42.4 Å². The van der Waals surface area contributed by atoms with Crippen LogP contribution in [-0.4, -0.2) is 18.1 Å². The van der Waals surface area contributed by atoms with Crippen molar-refractivity contribution in [2.75, 3.05) is 12.1 Å². The molecule has 4 heteroatoms. The fourth-order valence-electron chi connectivity index (χ4n) is 1.84. The lowest BCUT2D eigenvalue weighted by molar-refractivity contribution is 0.393. The molecule has 0 aromatic heterocycles. The van der Waals surface area contributed by atoms with Crippen molar-refractivity contribution < 1.29 is 0 Å². The molecule has 0 spiro atoms. The molecule has 1 heterocycles. The molecule has 1 unspecified atom stereocenters. The van der Waals surface area contributed by atoms with E-state index in [1.165, 1.54) is 0 Å². The van der Waals surface area contributed by atoms with Crippen molar-refractivity contribution >= 4 is 17.3 Å². The maximum Gasteiger partial charge on any atom is 0.115 e. The van der Waals surface area contributed by atoms with E-state index in [0.717, 1.165) is 16.5 Å². The van der Waals surface area contributed by atoms with Crippen molar-refractivity contribution in [1.82, 2.24) is 5.01 Å². The van der Waals surface area contributed by atoms with Crippen LogP contribution < -0.4 is 10.7 Å². The molecule has 1 aromatic rings. The van der Waals surface area contributed by atoms with Gasteiger partial charge in [0, 0.05) is 7.05 Å². The highest BCUT2D eigenvalue weighted by atomic mass is 35.5. The van der Waals surface area contributed by atoms with Crippen LogP contribution in [0.5, 0.6) is 0 Å². The molecule has 0 fully saturated rings. The first kappa shape index (κ1) is 10.2. The van der Waals surface area contributed by atoms with Gasteiger partial charge in [-0.1, -0.05) is 23.7 Å². The number of benzene rings is 1. The van der Waals surface area contributed by atoms with Crippen LogP contribution in [0, 0.1) is 0 Å². The average molecular weight is 224 g/mol. The van der Waals surface area contributed by atoms with Gasteiger partial charge in [-0.25, -0.2) is 0 Å². The molecule has 2 N–H and O–H groups in total. The second kappa shape index (κ2) is 3.66. The molecule has 0 radical (unpaired) electrons. The number of nitrogens with two attached hydrogens (primary N) is 1. The van der Waals surface area contributed by atoms with Crippen molar-refractivity contribution in [3.05, 3.63) is 41.2 Å². The van der Waals surface area contributed by atoms with E-state index in [2.05, 4.69) is 11.9 Å². The lowest BCUT2D eigenvalue weighted by Crippen LogP contribution is -2.40. The maximum absolute atomic E-state index is 6.15. The lowest BCUT2D eigenvalue weighted by Gasteiger charge is -2.33. The summed E-state index contributed by atoms with van der Waals surface area (Å²) in [6.45, 7) is 2.08. The summed E-state index contributed by atoms with van der Waals surface area (Å²) in [6, 6.07) is 7.99. The van der Waals surface area contributed by atoms with Crippen molar-refractivity contribution in [2.24, 2.45) is 5.73 Å². The van der Waals surface area contributed by atoms with Crippen LogP contribution in [0.4, 0.5) is 5.69 Å². The van der Waals surface area contributed by atoms with Gasteiger partial charge in [-0.3, -0.25) is 10.0 Å². The van der Waals surface area contributed by atoms with Gasteiger partial charge in [-0.05, 0) is 25.1 Å². The van der Waals surface area contributed by atoms with E-state index in [1.54, 1.807) is 0 Å². The third-order valence-electron chi connectivity index (χ3n) is 2.59. The first-order chi connectivity index (χ1) is 7.11. The minimum Gasteiger partial charge on any atom is -0.384 e. The highest BCUT2D eigenvalue weighted by Crippen LogP contribution is 2.31. The Morgan fingerprint density at radius 2 is 2.00 bits per heavy atom. The number of hydrogen-bond donors (Lipinski definition) is 1. The molecule has 80 valence electrons. The van der Waals surface area contributed by atoms with Gasteiger partial charge in [0.25, 0.3) is 0 Å². The third kappa shape index (κ3) is 1.63. The predicted molar refractivity (Wildman–Crippen MR) is 63.4 cm³/mol. The molecule has 0 saturated heterocycles. The largest absolute Gasteiger partial charge is 0.384 e. The molecule has 0 saturated carbocycles. The van der Waals surface area contributed by atoms with E-state index in [4.69, 9.17) is 17.3 Å². The van der Waals surface area contributed by atoms with Gasteiger partial charge in [0.15, 0.2) is 0 Å². The van der Waals surface area contributed by atoms with E-state index in [9.17, 15) is 0 Å². The number of hydrogen-bond acceptors (Lipinski definition) is 3. The molecule has 0 bridgehead atoms.